The number of hydrogen-bond acceptors (Lipinski definition) is 6. The number of fused-ring (bicyclic) bond motifs is 1. The third-order valence-electron chi connectivity index (χ3n) is 5.57. The van der Waals surface area contributed by atoms with Gasteiger partial charge in [0.2, 0.25) is 0 Å². The Morgan fingerprint density at radius 2 is 1.86 bits per heavy atom. The van der Waals surface area contributed by atoms with Crippen molar-refractivity contribution in [2.75, 3.05) is 12.4 Å². The standard InChI is InChI=1S/C28H33N3O3S/c1-18-12-13-31-23(15-18)29-24(25(31)30-28(5,6)17-27(2,3)4)19-10-11-20(21(16-19)33-7)34-26(32)22-9-8-14-35-22/h8-16,30H,17H2,1-7H3. The van der Waals surface area contributed by atoms with E-state index in [0.29, 0.717) is 16.4 Å². The minimum Gasteiger partial charge on any atom is -0.493 e. The monoisotopic (exact) mass is 491 g/mol. The summed E-state index contributed by atoms with van der Waals surface area (Å²) in [7, 11) is 1.57. The molecule has 0 aliphatic heterocycles. The molecule has 0 saturated carbocycles. The number of nitrogens with one attached hydrogen (secondary N) is 1. The normalized spacial score (nSPS) is 12.1. The number of methoxy groups -OCH3 is 1. The molecule has 7 heteroatoms. The van der Waals surface area contributed by atoms with Crippen molar-refractivity contribution in [3.63, 3.8) is 0 Å². The molecule has 35 heavy (non-hydrogen) atoms. The summed E-state index contributed by atoms with van der Waals surface area (Å²) in [6, 6.07) is 13.3. The molecule has 0 fully saturated rings. The first kappa shape index (κ1) is 24.8. The SMILES string of the molecule is COc1cc(-c2nc3cc(C)ccn3c2NC(C)(C)CC(C)(C)C)ccc1OC(=O)c1cccs1. The molecule has 0 spiro atoms. The van der Waals surface area contributed by atoms with E-state index in [-0.39, 0.29) is 11.0 Å². The summed E-state index contributed by atoms with van der Waals surface area (Å²) in [5.74, 6) is 1.36. The van der Waals surface area contributed by atoms with Gasteiger partial charge in [0.25, 0.3) is 0 Å². The third kappa shape index (κ3) is 5.68. The van der Waals surface area contributed by atoms with Crippen molar-refractivity contribution in [3.05, 3.63) is 64.5 Å². The van der Waals surface area contributed by atoms with E-state index in [1.54, 1.807) is 19.2 Å². The lowest BCUT2D eigenvalue weighted by molar-refractivity contribution is 0.0735. The van der Waals surface area contributed by atoms with E-state index in [0.717, 1.165) is 34.7 Å². The summed E-state index contributed by atoms with van der Waals surface area (Å²) in [5.41, 5.74) is 3.67. The number of pyridine rings is 1. The van der Waals surface area contributed by atoms with E-state index in [2.05, 4.69) is 63.4 Å². The number of benzene rings is 1. The molecular formula is C28H33N3O3S. The van der Waals surface area contributed by atoms with Gasteiger partial charge in [-0.05, 0) is 79.9 Å². The summed E-state index contributed by atoms with van der Waals surface area (Å²) >= 11 is 1.34. The van der Waals surface area contributed by atoms with Crippen LogP contribution in [0.15, 0.2) is 54.0 Å². The molecule has 6 nitrogen and oxygen atoms in total. The fraction of sp³-hybridized carbons (Fsp3) is 0.357. The van der Waals surface area contributed by atoms with Crippen LogP contribution in [0.2, 0.25) is 0 Å². The van der Waals surface area contributed by atoms with Crippen LogP contribution < -0.4 is 14.8 Å². The van der Waals surface area contributed by atoms with Crippen LogP contribution >= 0.6 is 11.3 Å². The molecule has 3 heterocycles. The number of carbonyl (C=O) groups is 1. The quantitative estimate of drug-likeness (QED) is 0.218. The highest BCUT2D eigenvalue weighted by Gasteiger charge is 2.28. The first-order valence-electron chi connectivity index (χ1n) is 11.7. The predicted octanol–water partition coefficient (Wildman–Crippen LogP) is 7.23. The van der Waals surface area contributed by atoms with Crippen molar-refractivity contribution >= 4 is 28.8 Å². The molecule has 3 aromatic heterocycles. The number of thiophene rings is 1. The highest BCUT2D eigenvalue weighted by Crippen LogP contribution is 2.38. The fourth-order valence-corrected chi connectivity index (χ4v) is 5.20. The number of esters is 1. The van der Waals surface area contributed by atoms with Crippen LogP contribution in [0.5, 0.6) is 11.5 Å². The smallest absolute Gasteiger partial charge is 0.353 e. The van der Waals surface area contributed by atoms with E-state index >= 15 is 0 Å². The molecule has 0 atom stereocenters. The maximum Gasteiger partial charge on any atom is 0.353 e. The first-order valence-corrected chi connectivity index (χ1v) is 12.5. The summed E-state index contributed by atoms with van der Waals surface area (Å²) in [6.45, 7) is 13.2. The number of carbonyl (C=O) groups excluding carboxylic acids is 1. The van der Waals surface area contributed by atoms with Crippen molar-refractivity contribution in [3.8, 4) is 22.8 Å². The van der Waals surface area contributed by atoms with E-state index in [1.807, 2.05) is 29.8 Å². The van der Waals surface area contributed by atoms with Gasteiger partial charge in [0, 0.05) is 17.3 Å². The number of imidazole rings is 1. The maximum atomic E-state index is 12.5. The lowest BCUT2D eigenvalue weighted by Crippen LogP contribution is -2.36. The number of rotatable bonds is 7. The molecule has 0 aliphatic carbocycles. The fourth-order valence-electron chi connectivity index (χ4n) is 4.60. The molecule has 1 N–H and O–H groups in total. The lowest BCUT2D eigenvalue weighted by Gasteiger charge is -2.34. The summed E-state index contributed by atoms with van der Waals surface area (Å²) < 4.78 is 13.3. The Labute approximate surface area is 210 Å². The molecule has 0 bridgehead atoms. The molecule has 0 aliphatic rings. The number of anilines is 1. The Hall–Kier alpha value is -3.32. The van der Waals surface area contributed by atoms with Crippen LogP contribution in [0, 0.1) is 12.3 Å². The van der Waals surface area contributed by atoms with Crippen molar-refractivity contribution in [2.24, 2.45) is 5.41 Å². The van der Waals surface area contributed by atoms with Crippen LogP contribution in [-0.2, 0) is 0 Å². The molecule has 0 saturated heterocycles. The van der Waals surface area contributed by atoms with Gasteiger partial charge in [0.05, 0.1) is 7.11 Å². The second-order valence-corrected chi connectivity index (χ2v) is 11.7. The molecule has 184 valence electrons. The summed E-state index contributed by atoms with van der Waals surface area (Å²) in [5, 5.41) is 5.61. The second kappa shape index (κ2) is 9.38. The largest absolute Gasteiger partial charge is 0.493 e. The Morgan fingerprint density at radius 3 is 2.51 bits per heavy atom. The topological polar surface area (TPSA) is 64.9 Å². The lowest BCUT2D eigenvalue weighted by atomic mass is 9.82. The van der Waals surface area contributed by atoms with Crippen molar-refractivity contribution in [2.45, 2.75) is 53.5 Å². The van der Waals surface area contributed by atoms with Crippen LogP contribution in [0.25, 0.3) is 16.9 Å². The highest BCUT2D eigenvalue weighted by atomic mass is 32.1. The van der Waals surface area contributed by atoms with Crippen molar-refractivity contribution in [1.29, 1.82) is 0 Å². The average Bonchev–Trinajstić information content (AvgIpc) is 3.40. The van der Waals surface area contributed by atoms with Gasteiger partial charge in [-0.1, -0.05) is 26.8 Å². The zero-order valence-corrected chi connectivity index (χ0v) is 22.2. The number of aromatic nitrogens is 2. The van der Waals surface area contributed by atoms with Crippen LogP contribution in [-0.4, -0.2) is 28.0 Å². The average molecular weight is 492 g/mol. The maximum absolute atomic E-state index is 12.5. The van der Waals surface area contributed by atoms with Gasteiger partial charge >= 0.3 is 5.97 Å². The van der Waals surface area contributed by atoms with Gasteiger partial charge in [-0.2, -0.15) is 0 Å². The Morgan fingerprint density at radius 1 is 1.09 bits per heavy atom. The van der Waals surface area contributed by atoms with Crippen molar-refractivity contribution < 1.29 is 14.3 Å². The van der Waals surface area contributed by atoms with E-state index < -0.39 is 5.97 Å². The Balaban J connectivity index is 1.76. The van der Waals surface area contributed by atoms with Crippen LogP contribution in [0.3, 0.4) is 0 Å². The van der Waals surface area contributed by atoms with E-state index in [4.69, 9.17) is 14.5 Å². The highest BCUT2D eigenvalue weighted by molar-refractivity contribution is 7.12. The molecule has 4 rings (SSSR count). The summed E-state index contributed by atoms with van der Waals surface area (Å²) in [4.78, 5) is 18.0. The Kier molecular flexibility index (Phi) is 6.64. The number of ether oxygens (including phenoxy) is 2. The zero-order chi connectivity index (χ0) is 25.4. The van der Waals surface area contributed by atoms with Gasteiger partial charge in [-0.15, -0.1) is 11.3 Å². The molecule has 0 unspecified atom stereocenters. The molecule has 0 amide bonds. The third-order valence-corrected chi connectivity index (χ3v) is 6.42. The van der Waals surface area contributed by atoms with Gasteiger partial charge in [0.15, 0.2) is 11.5 Å². The Bertz CT molecular complexity index is 1350. The molecule has 1 aromatic carbocycles. The van der Waals surface area contributed by atoms with Crippen molar-refractivity contribution in [1.82, 2.24) is 9.38 Å². The molecular weight excluding hydrogens is 458 g/mol. The minimum absolute atomic E-state index is 0.158. The molecule has 4 aromatic rings. The second-order valence-electron chi connectivity index (χ2n) is 10.7. The predicted molar refractivity (Wildman–Crippen MR) is 143 cm³/mol. The van der Waals surface area contributed by atoms with E-state index in [9.17, 15) is 4.79 Å². The van der Waals surface area contributed by atoms with Gasteiger partial charge < -0.3 is 14.8 Å². The van der Waals surface area contributed by atoms with Gasteiger partial charge in [0.1, 0.15) is 22.0 Å². The summed E-state index contributed by atoms with van der Waals surface area (Å²) in [6.07, 6.45) is 3.02. The van der Waals surface area contributed by atoms with Gasteiger partial charge in [-0.3, -0.25) is 4.40 Å². The van der Waals surface area contributed by atoms with Crippen LogP contribution in [0.1, 0.15) is 56.3 Å². The number of hydrogen-bond donors (Lipinski definition) is 1. The molecule has 0 radical (unpaired) electrons. The van der Waals surface area contributed by atoms with E-state index in [1.165, 1.54) is 11.3 Å². The number of aryl methyl sites for hydroxylation is 1. The number of nitrogens with zero attached hydrogens (tertiary/aromatic N) is 2. The minimum atomic E-state index is -0.402. The van der Waals surface area contributed by atoms with Gasteiger partial charge in [-0.25, -0.2) is 9.78 Å². The zero-order valence-electron chi connectivity index (χ0n) is 21.4. The van der Waals surface area contributed by atoms with Crippen LogP contribution in [0.4, 0.5) is 5.82 Å². The first-order chi connectivity index (χ1) is 16.5.